The fourth-order valence-corrected chi connectivity index (χ4v) is 6.08. The number of anilines is 1. The van der Waals surface area contributed by atoms with E-state index in [1.165, 1.54) is 6.42 Å². The molecular formula is C28H35N5O3. The van der Waals surface area contributed by atoms with Crippen LogP contribution in [0.15, 0.2) is 36.4 Å². The Balaban J connectivity index is 1.33. The molecule has 36 heavy (non-hydrogen) atoms. The Kier molecular flexibility index (Phi) is 6.39. The molecule has 1 N–H and O–H groups in total. The molecule has 3 fully saturated rings. The second kappa shape index (κ2) is 9.82. The number of pyridine rings is 1. The normalized spacial score (nSPS) is 21.8. The second-order valence-electron chi connectivity index (χ2n) is 10.6. The van der Waals surface area contributed by atoms with Gasteiger partial charge in [0.25, 0.3) is 0 Å². The summed E-state index contributed by atoms with van der Waals surface area (Å²) in [5, 5.41) is 16.0. The van der Waals surface area contributed by atoms with Crippen LogP contribution in [-0.4, -0.2) is 76.7 Å². The average molecular weight is 490 g/mol. The van der Waals surface area contributed by atoms with Gasteiger partial charge in [-0.15, -0.1) is 0 Å². The van der Waals surface area contributed by atoms with E-state index >= 15 is 0 Å². The maximum Gasteiger partial charge on any atom is 0.354 e. The van der Waals surface area contributed by atoms with Crippen molar-refractivity contribution in [3.63, 3.8) is 0 Å². The highest BCUT2D eigenvalue weighted by Gasteiger charge is 2.32. The lowest BCUT2D eigenvalue weighted by Crippen LogP contribution is -2.38. The lowest BCUT2D eigenvalue weighted by molar-refractivity contribution is 0.0691. The molecule has 1 aliphatic carbocycles. The molecule has 0 spiro atoms. The molecule has 3 aromatic rings. The van der Waals surface area contributed by atoms with Crippen molar-refractivity contribution in [2.75, 3.05) is 44.7 Å². The molecule has 0 bridgehead atoms. The second-order valence-corrected chi connectivity index (χ2v) is 10.6. The Morgan fingerprint density at radius 1 is 1.08 bits per heavy atom. The molecule has 6 rings (SSSR count). The largest absolute Gasteiger partial charge is 0.477 e. The van der Waals surface area contributed by atoms with E-state index < -0.39 is 5.97 Å². The molecule has 8 nitrogen and oxygen atoms in total. The number of fused-ring (bicyclic) bond motifs is 1. The number of methoxy groups -OCH3 is 1. The van der Waals surface area contributed by atoms with E-state index in [4.69, 9.17) is 9.84 Å². The minimum Gasteiger partial charge on any atom is -0.477 e. The molecule has 0 amide bonds. The first-order valence-electron chi connectivity index (χ1n) is 13.3. The van der Waals surface area contributed by atoms with E-state index in [9.17, 15) is 9.90 Å². The van der Waals surface area contributed by atoms with Crippen molar-refractivity contribution < 1.29 is 14.6 Å². The van der Waals surface area contributed by atoms with E-state index in [1.807, 2.05) is 42.1 Å². The van der Waals surface area contributed by atoms with Crippen LogP contribution in [0.1, 0.15) is 60.6 Å². The molecule has 2 aliphatic heterocycles. The number of carbonyl (C=O) groups is 1. The predicted octanol–water partition coefficient (Wildman–Crippen LogP) is 4.32. The molecule has 0 unspecified atom stereocenters. The molecule has 2 saturated heterocycles. The summed E-state index contributed by atoms with van der Waals surface area (Å²) in [5.74, 6) is 0.0715. The summed E-state index contributed by atoms with van der Waals surface area (Å²) in [5.41, 5.74) is 3.71. The number of carboxylic acid groups (broad SMARTS) is 1. The van der Waals surface area contributed by atoms with Crippen molar-refractivity contribution in [2.45, 2.75) is 50.5 Å². The molecule has 4 heterocycles. The monoisotopic (exact) mass is 489 g/mol. The maximum atomic E-state index is 12.1. The van der Waals surface area contributed by atoms with Gasteiger partial charge in [-0.25, -0.2) is 14.5 Å². The molecule has 0 radical (unpaired) electrons. The van der Waals surface area contributed by atoms with Gasteiger partial charge in [-0.1, -0.05) is 24.6 Å². The number of carboxylic acids is 1. The van der Waals surface area contributed by atoms with Crippen molar-refractivity contribution in [3.05, 3.63) is 47.8 Å². The number of nitrogens with zero attached hydrogens (tertiary/aromatic N) is 5. The number of para-hydroxylation sites is 1. The highest BCUT2D eigenvalue weighted by molar-refractivity contribution is 5.98. The number of likely N-dealkylation sites (tertiary alicyclic amines) is 1. The first kappa shape index (κ1) is 23.4. The zero-order valence-corrected chi connectivity index (χ0v) is 21.0. The van der Waals surface area contributed by atoms with Crippen molar-refractivity contribution >= 4 is 22.7 Å². The maximum absolute atomic E-state index is 12.1. The van der Waals surface area contributed by atoms with Gasteiger partial charge < -0.3 is 19.6 Å². The lowest BCUT2D eigenvalue weighted by atomic mass is 9.81. The SMILES string of the molecule is CO[C@@H]1CCN(CC2CCN(c3cc(C(=O)O)nc4c3c(C3CCC3)nn4-c3ccccc3)CC2)C1. The minimum atomic E-state index is -0.999. The van der Waals surface area contributed by atoms with E-state index in [0.717, 1.165) is 87.3 Å². The molecule has 190 valence electrons. The van der Waals surface area contributed by atoms with Crippen molar-refractivity contribution in [1.29, 1.82) is 0 Å². The predicted molar refractivity (Wildman–Crippen MR) is 139 cm³/mol. The van der Waals surface area contributed by atoms with Crippen molar-refractivity contribution in [2.24, 2.45) is 5.92 Å². The summed E-state index contributed by atoms with van der Waals surface area (Å²) in [6.45, 7) is 5.12. The Morgan fingerprint density at radius 3 is 2.50 bits per heavy atom. The zero-order chi connectivity index (χ0) is 24.6. The number of benzene rings is 1. The average Bonchev–Trinajstić information content (AvgIpc) is 3.48. The van der Waals surface area contributed by atoms with Gasteiger partial charge in [0.2, 0.25) is 0 Å². The third kappa shape index (κ3) is 4.37. The summed E-state index contributed by atoms with van der Waals surface area (Å²) in [6, 6.07) is 11.7. The van der Waals surface area contributed by atoms with Crippen LogP contribution in [0.2, 0.25) is 0 Å². The first-order valence-corrected chi connectivity index (χ1v) is 13.3. The molecule has 1 saturated carbocycles. The number of piperidine rings is 1. The van der Waals surface area contributed by atoms with Gasteiger partial charge in [0.1, 0.15) is 0 Å². The van der Waals surface area contributed by atoms with Crippen LogP contribution < -0.4 is 4.90 Å². The van der Waals surface area contributed by atoms with Crippen LogP contribution >= 0.6 is 0 Å². The zero-order valence-electron chi connectivity index (χ0n) is 21.0. The number of rotatable bonds is 7. The van der Waals surface area contributed by atoms with E-state index in [-0.39, 0.29) is 5.69 Å². The van der Waals surface area contributed by atoms with Gasteiger partial charge in [-0.05, 0) is 56.2 Å². The number of aromatic nitrogens is 3. The fraction of sp³-hybridized carbons (Fsp3) is 0.536. The van der Waals surface area contributed by atoms with Crippen LogP contribution in [0.4, 0.5) is 5.69 Å². The third-order valence-corrected chi connectivity index (χ3v) is 8.39. The number of hydrogen-bond acceptors (Lipinski definition) is 6. The molecule has 1 aromatic carbocycles. The van der Waals surface area contributed by atoms with E-state index in [1.54, 1.807) is 6.07 Å². The summed E-state index contributed by atoms with van der Waals surface area (Å²) in [6.07, 6.45) is 7.17. The highest BCUT2D eigenvalue weighted by Crippen LogP contribution is 2.43. The summed E-state index contributed by atoms with van der Waals surface area (Å²) < 4.78 is 7.40. The highest BCUT2D eigenvalue weighted by atomic mass is 16.5. The van der Waals surface area contributed by atoms with Gasteiger partial charge >= 0.3 is 5.97 Å². The molecular weight excluding hydrogens is 454 g/mol. The smallest absolute Gasteiger partial charge is 0.354 e. The first-order chi connectivity index (χ1) is 17.6. The summed E-state index contributed by atoms with van der Waals surface area (Å²) in [7, 11) is 1.81. The Labute approximate surface area is 211 Å². The van der Waals surface area contributed by atoms with Crippen molar-refractivity contribution in [1.82, 2.24) is 19.7 Å². The summed E-state index contributed by atoms with van der Waals surface area (Å²) in [4.78, 5) is 21.7. The summed E-state index contributed by atoms with van der Waals surface area (Å²) >= 11 is 0. The quantitative estimate of drug-likeness (QED) is 0.529. The van der Waals surface area contributed by atoms with Crippen molar-refractivity contribution in [3.8, 4) is 5.69 Å². The Hall–Kier alpha value is -2.97. The van der Waals surface area contributed by atoms with Gasteiger partial charge in [-0.2, -0.15) is 5.10 Å². The number of ether oxygens (including phenoxy) is 1. The molecule has 1 atom stereocenters. The molecule has 2 aromatic heterocycles. The Bertz CT molecular complexity index is 1230. The van der Waals surface area contributed by atoms with Gasteiger partial charge in [0.05, 0.1) is 28.6 Å². The minimum absolute atomic E-state index is 0.0829. The lowest BCUT2D eigenvalue weighted by Gasteiger charge is -2.36. The van der Waals surface area contributed by atoms with Crippen LogP contribution in [-0.2, 0) is 4.74 Å². The number of aromatic carboxylic acids is 1. The molecule has 8 heteroatoms. The van der Waals surface area contributed by atoms with E-state index in [2.05, 4.69) is 14.8 Å². The van der Waals surface area contributed by atoms with Crippen LogP contribution in [0.3, 0.4) is 0 Å². The number of hydrogen-bond donors (Lipinski definition) is 1. The Morgan fingerprint density at radius 2 is 1.86 bits per heavy atom. The van der Waals surface area contributed by atoms with Gasteiger partial charge in [-0.3, -0.25) is 0 Å². The van der Waals surface area contributed by atoms with E-state index in [0.29, 0.717) is 23.6 Å². The third-order valence-electron chi connectivity index (χ3n) is 8.39. The van der Waals surface area contributed by atoms with Crippen LogP contribution in [0, 0.1) is 5.92 Å². The fourth-order valence-electron chi connectivity index (χ4n) is 6.08. The molecule has 3 aliphatic rings. The van der Waals surface area contributed by atoms with Crippen LogP contribution in [0.5, 0.6) is 0 Å². The van der Waals surface area contributed by atoms with Gasteiger partial charge in [0, 0.05) is 45.8 Å². The standard InChI is InChI=1S/C28H35N5O3/c1-36-22-12-13-31(18-22)17-19-10-14-32(15-11-19)24-16-23(28(34)35)29-27-25(24)26(20-6-5-7-20)30-33(27)21-8-3-2-4-9-21/h2-4,8-9,16,19-20,22H,5-7,10-15,17-18H2,1H3,(H,34,35)/t22-/m1/s1. The topological polar surface area (TPSA) is 83.7 Å². The van der Waals surface area contributed by atoms with Gasteiger partial charge in [0.15, 0.2) is 11.3 Å². The van der Waals surface area contributed by atoms with Crippen LogP contribution in [0.25, 0.3) is 16.7 Å².